The first kappa shape index (κ1) is 21.6. The van der Waals surface area contributed by atoms with Crippen molar-refractivity contribution in [1.29, 1.82) is 0 Å². The maximum Gasteiger partial charge on any atom is 0.328 e. The number of anilines is 1. The Morgan fingerprint density at radius 1 is 1.23 bits per heavy atom. The van der Waals surface area contributed by atoms with Crippen molar-refractivity contribution >= 4 is 40.5 Å². The molecule has 0 unspecified atom stereocenters. The van der Waals surface area contributed by atoms with Gasteiger partial charge in [0.2, 0.25) is 11.8 Å². The van der Waals surface area contributed by atoms with Gasteiger partial charge in [-0.2, -0.15) is 0 Å². The minimum Gasteiger partial charge on any atom is -0.458 e. The lowest BCUT2D eigenvalue weighted by molar-refractivity contribution is -0.158. The van der Waals surface area contributed by atoms with Crippen LogP contribution in [-0.4, -0.2) is 53.3 Å². The minimum atomic E-state index is -0.837. The summed E-state index contributed by atoms with van der Waals surface area (Å²) in [6.07, 6.45) is 2.06. The average molecular weight is 384 g/mol. The normalized spacial score (nSPS) is 13.3. The zero-order chi connectivity index (χ0) is 19.9. The summed E-state index contributed by atoms with van der Waals surface area (Å²) in [5, 5.41) is 8.19. The summed E-state index contributed by atoms with van der Waals surface area (Å²) in [6, 6.07) is -1.67. The zero-order valence-corrected chi connectivity index (χ0v) is 16.2. The summed E-state index contributed by atoms with van der Waals surface area (Å²) in [6.45, 7) is 8.10. The molecule has 0 aromatic carbocycles. The van der Waals surface area contributed by atoms with Gasteiger partial charge in [0.1, 0.15) is 17.7 Å². The van der Waals surface area contributed by atoms with Crippen LogP contribution < -0.4 is 16.0 Å². The van der Waals surface area contributed by atoms with Gasteiger partial charge in [-0.1, -0.05) is 11.3 Å². The number of carbonyl (C=O) groups excluding carboxylic acids is 4. The fourth-order valence-corrected chi connectivity index (χ4v) is 2.35. The molecular formula is C16H24N4O5S. The fraction of sp³-hybridized carbons (Fsp3) is 0.562. The largest absolute Gasteiger partial charge is 0.458 e. The standard InChI is InChI=1S/C16H24N4O5S/c1-9(13(23)20-10(2)14(24)25-16(3,4)5)19-12(22)7-18-15-17-6-11(8-21)26-15/h6,8-10H,7H2,1-5H3,(H,17,18)(H,19,22)(H,20,23)/t9-,10-/m0/s1. The molecule has 2 atom stereocenters. The number of thiazole rings is 1. The Kier molecular flexibility index (Phi) is 7.69. The van der Waals surface area contributed by atoms with Crippen LogP contribution in [0.3, 0.4) is 0 Å². The topological polar surface area (TPSA) is 126 Å². The van der Waals surface area contributed by atoms with E-state index in [4.69, 9.17) is 4.74 Å². The summed E-state index contributed by atoms with van der Waals surface area (Å²) in [4.78, 5) is 50.8. The molecule has 0 aliphatic heterocycles. The summed E-state index contributed by atoms with van der Waals surface area (Å²) < 4.78 is 5.18. The van der Waals surface area contributed by atoms with Crippen molar-refractivity contribution in [2.24, 2.45) is 0 Å². The Morgan fingerprint density at radius 2 is 1.88 bits per heavy atom. The molecule has 0 saturated heterocycles. The lowest BCUT2D eigenvalue weighted by Crippen LogP contribution is -2.51. The monoisotopic (exact) mass is 384 g/mol. The van der Waals surface area contributed by atoms with Crippen molar-refractivity contribution in [3.05, 3.63) is 11.1 Å². The second-order valence-electron chi connectivity index (χ2n) is 6.59. The molecule has 9 nitrogen and oxygen atoms in total. The Hall–Kier alpha value is -2.49. The Bertz CT molecular complexity index is 668. The third-order valence-corrected chi connectivity index (χ3v) is 3.81. The molecule has 1 aromatic rings. The summed E-state index contributed by atoms with van der Waals surface area (Å²) in [5.74, 6) is -1.49. The predicted molar refractivity (Wildman–Crippen MR) is 97.0 cm³/mol. The van der Waals surface area contributed by atoms with Gasteiger partial charge in [-0.05, 0) is 34.6 Å². The smallest absolute Gasteiger partial charge is 0.328 e. The lowest BCUT2D eigenvalue weighted by atomic mass is 10.2. The van der Waals surface area contributed by atoms with E-state index in [1.807, 2.05) is 0 Å². The number of amides is 2. The van der Waals surface area contributed by atoms with E-state index in [9.17, 15) is 19.2 Å². The van der Waals surface area contributed by atoms with Crippen molar-refractivity contribution in [3.8, 4) is 0 Å². The molecule has 1 rings (SSSR count). The lowest BCUT2D eigenvalue weighted by Gasteiger charge is -2.23. The first-order valence-corrected chi connectivity index (χ1v) is 8.81. The predicted octanol–water partition coefficient (Wildman–Crippen LogP) is 0.719. The number of hydrogen-bond acceptors (Lipinski definition) is 8. The molecule has 1 heterocycles. The highest BCUT2D eigenvalue weighted by atomic mass is 32.1. The van der Waals surface area contributed by atoms with E-state index in [2.05, 4.69) is 20.9 Å². The minimum absolute atomic E-state index is 0.106. The molecule has 1 aromatic heterocycles. The molecule has 144 valence electrons. The maximum atomic E-state index is 12.1. The molecule has 0 spiro atoms. The first-order valence-electron chi connectivity index (χ1n) is 7.99. The van der Waals surface area contributed by atoms with E-state index >= 15 is 0 Å². The Balaban J connectivity index is 2.41. The number of nitrogens with zero attached hydrogens (tertiary/aromatic N) is 1. The second-order valence-corrected chi connectivity index (χ2v) is 7.65. The maximum absolute atomic E-state index is 12.1. The molecule has 26 heavy (non-hydrogen) atoms. The van der Waals surface area contributed by atoms with Gasteiger partial charge in [0.15, 0.2) is 11.4 Å². The molecule has 0 aliphatic carbocycles. The number of esters is 1. The highest BCUT2D eigenvalue weighted by Crippen LogP contribution is 2.15. The number of nitrogens with one attached hydrogen (secondary N) is 3. The average Bonchev–Trinajstić information content (AvgIpc) is 2.99. The Morgan fingerprint density at radius 3 is 2.42 bits per heavy atom. The van der Waals surface area contributed by atoms with E-state index < -0.39 is 35.5 Å². The van der Waals surface area contributed by atoms with Gasteiger partial charge < -0.3 is 20.7 Å². The van der Waals surface area contributed by atoms with Crippen LogP contribution in [-0.2, 0) is 19.1 Å². The van der Waals surface area contributed by atoms with Crippen LogP contribution in [0.5, 0.6) is 0 Å². The number of rotatable bonds is 8. The first-order chi connectivity index (χ1) is 12.0. The van der Waals surface area contributed by atoms with Crippen LogP contribution >= 0.6 is 11.3 Å². The molecule has 3 N–H and O–H groups in total. The van der Waals surface area contributed by atoms with Crippen LogP contribution in [0.15, 0.2) is 6.20 Å². The molecule has 2 amide bonds. The van der Waals surface area contributed by atoms with E-state index in [1.54, 1.807) is 20.8 Å². The molecule has 0 bridgehead atoms. The van der Waals surface area contributed by atoms with Gasteiger partial charge in [-0.25, -0.2) is 9.78 Å². The van der Waals surface area contributed by atoms with Gasteiger partial charge in [-0.15, -0.1) is 0 Å². The number of carbonyl (C=O) groups is 4. The van der Waals surface area contributed by atoms with E-state index in [-0.39, 0.29) is 6.54 Å². The van der Waals surface area contributed by atoms with Crippen molar-refractivity contribution in [3.63, 3.8) is 0 Å². The van der Waals surface area contributed by atoms with Gasteiger partial charge in [0.25, 0.3) is 0 Å². The molecule has 10 heteroatoms. The highest BCUT2D eigenvalue weighted by Gasteiger charge is 2.25. The third kappa shape index (κ3) is 7.60. The summed E-state index contributed by atoms with van der Waals surface area (Å²) >= 11 is 1.12. The molecule has 0 aliphatic rings. The van der Waals surface area contributed by atoms with E-state index in [0.717, 1.165) is 11.3 Å². The van der Waals surface area contributed by atoms with Crippen molar-refractivity contribution in [2.75, 3.05) is 11.9 Å². The number of ether oxygens (including phenoxy) is 1. The van der Waals surface area contributed by atoms with Gasteiger partial charge in [-0.3, -0.25) is 14.4 Å². The van der Waals surface area contributed by atoms with Gasteiger partial charge >= 0.3 is 5.97 Å². The van der Waals surface area contributed by atoms with Crippen LogP contribution in [0.25, 0.3) is 0 Å². The number of aldehydes is 1. The zero-order valence-electron chi connectivity index (χ0n) is 15.4. The molecular weight excluding hydrogens is 360 g/mol. The van der Waals surface area contributed by atoms with Crippen molar-refractivity contribution in [1.82, 2.24) is 15.6 Å². The van der Waals surface area contributed by atoms with Crippen LogP contribution in [0.4, 0.5) is 5.13 Å². The summed E-state index contributed by atoms with van der Waals surface area (Å²) in [7, 11) is 0. The number of aromatic nitrogens is 1. The van der Waals surface area contributed by atoms with Crippen LogP contribution in [0.2, 0.25) is 0 Å². The summed E-state index contributed by atoms with van der Waals surface area (Å²) in [5.41, 5.74) is -0.652. The highest BCUT2D eigenvalue weighted by molar-refractivity contribution is 7.17. The van der Waals surface area contributed by atoms with Crippen LogP contribution in [0.1, 0.15) is 44.3 Å². The Labute approximate surface area is 155 Å². The van der Waals surface area contributed by atoms with Crippen molar-refractivity contribution in [2.45, 2.75) is 52.3 Å². The second kappa shape index (κ2) is 9.27. The van der Waals surface area contributed by atoms with Gasteiger partial charge in [0.05, 0.1) is 17.6 Å². The molecule has 0 fully saturated rings. The SMILES string of the molecule is C[C@H](NC(=O)CNc1ncc(C=O)s1)C(=O)N[C@@H](C)C(=O)OC(C)(C)C. The molecule has 0 radical (unpaired) electrons. The number of hydrogen-bond donors (Lipinski definition) is 3. The van der Waals surface area contributed by atoms with Crippen LogP contribution in [0, 0.1) is 0 Å². The molecule has 0 saturated carbocycles. The van der Waals surface area contributed by atoms with E-state index in [0.29, 0.717) is 16.3 Å². The van der Waals surface area contributed by atoms with Gasteiger partial charge in [0, 0.05) is 0 Å². The van der Waals surface area contributed by atoms with E-state index in [1.165, 1.54) is 20.0 Å². The van der Waals surface area contributed by atoms with Crippen molar-refractivity contribution < 1.29 is 23.9 Å². The quantitative estimate of drug-likeness (QED) is 0.445. The fourth-order valence-electron chi connectivity index (χ4n) is 1.72. The third-order valence-electron chi connectivity index (χ3n) is 2.93.